The Labute approximate surface area is 210 Å². The minimum Gasteiger partial charge on any atom is -0.483 e. The lowest BCUT2D eigenvalue weighted by Gasteiger charge is -2.19. The predicted octanol–water partition coefficient (Wildman–Crippen LogP) is 4.65. The monoisotopic (exact) mass is 503 g/mol. The summed E-state index contributed by atoms with van der Waals surface area (Å²) in [5.74, 6) is -0.235. The molecular formula is C26H22ClN5O4. The number of aromatic nitrogens is 4. The summed E-state index contributed by atoms with van der Waals surface area (Å²) in [7, 11) is 1.80. The van der Waals surface area contributed by atoms with Gasteiger partial charge in [0, 0.05) is 23.6 Å². The molecule has 4 heterocycles. The first-order valence-electron chi connectivity index (χ1n) is 11.1. The summed E-state index contributed by atoms with van der Waals surface area (Å²) in [4.78, 5) is 34.0. The molecule has 0 aliphatic heterocycles. The van der Waals surface area contributed by atoms with Crippen LogP contribution < -0.4 is 15.9 Å². The zero-order valence-electron chi connectivity index (χ0n) is 20.0. The van der Waals surface area contributed by atoms with Crippen molar-refractivity contribution in [1.29, 1.82) is 0 Å². The second-order valence-corrected chi connectivity index (χ2v) is 8.99. The molecule has 0 aliphatic rings. The molecule has 182 valence electrons. The summed E-state index contributed by atoms with van der Waals surface area (Å²) in [6, 6.07) is 10.4. The van der Waals surface area contributed by atoms with Gasteiger partial charge in [0.1, 0.15) is 22.5 Å². The number of aryl methyl sites for hydroxylation is 2. The van der Waals surface area contributed by atoms with Crippen molar-refractivity contribution < 1.29 is 13.9 Å². The molecule has 0 saturated heterocycles. The van der Waals surface area contributed by atoms with Gasteiger partial charge in [-0.1, -0.05) is 11.6 Å². The largest absolute Gasteiger partial charge is 0.483 e. The number of primary amides is 1. The lowest BCUT2D eigenvalue weighted by atomic mass is 10.0. The lowest BCUT2D eigenvalue weighted by Crippen LogP contribution is -2.17. The van der Waals surface area contributed by atoms with E-state index in [0.29, 0.717) is 39.2 Å². The second kappa shape index (κ2) is 8.76. The second-order valence-electron chi connectivity index (χ2n) is 8.60. The van der Waals surface area contributed by atoms with Crippen molar-refractivity contribution in [2.45, 2.75) is 26.9 Å². The molecule has 5 aromatic rings. The van der Waals surface area contributed by atoms with Crippen LogP contribution >= 0.6 is 11.6 Å². The Morgan fingerprint density at radius 3 is 2.69 bits per heavy atom. The van der Waals surface area contributed by atoms with Gasteiger partial charge >= 0.3 is 0 Å². The standard InChI is InChI=1S/C26H22ClN5O4/c1-12-9-16(14(3)35-19-7-8-20(27)31-21(19)25(28)34)24-17(10-12)22(33)13(2)23(36-24)18-6-5-15-11-29-32(4)26(15)30-18/h5-11,14H,1-4H3,(H2,28,34)/t14-/m1/s1. The van der Waals surface area contributed by atoms with E-state index in [1.165, 1.54) is 12.1 Å². The van der Waals surface area contributed by atoms with Gasteiger partial charge in [-0.2, -0.15) is 5.10 Å². The first kappa shape index (κ1) is 23.5. The quantitative estimate of drug-likeness (QED) is 0.346. The number of nitrogens with zero attached hydrogens (tertiary/aromatic N) is 4. The Bertz CT molecular complexity index is 1740. The molecule has 5 rings (SSSR count). The number of ether oxygens (including phenoxy) is 1. The highest BCUT2D eigenvalue weighted by Crippen LogP contribution is 2.33. The van der Waals surface area contributed by atoms with Gasteiger partial charge in [0.2, 0.25) is 0 Å². The zero-order chi connectivity index (χ0) is 25.7. The Morgan fingerprint density at radius 1 is 1.17 bits per heavy atom. The minimum atomic E-state index is -0.769. The van der Waals surface area contributed by atoms with E-state index in [1.807, 2.05) is 19.1 Å². The number of carbonyl (C=O) groups excluding carboxylic acids is 1. The average Bonchev–Trinajstić information content (AvgIpc) is 3.22. The van der Waals surface area contributed by atoms with E-state index in [-0.39, 0.29) is 22.0 Å². The van der Waals surface area contributed by atoms with E-state index in [0.717, 1.165) is 10.9 Å². The van der Waals surface area contributed by atoms with Crippen molar-refractivity contribution in [3.8, 4) is 17.2 Å². The maximum atomic E-state index is 13.4. The van der Waals surface area contributed by atoms with Crippen LogP contribution in [-0.4, -0.2) is 25.7 Å². The number of amides is 1. The van der Waals surface area contributed by atoms with Crippen molar-refractivity contribution >= 4 is 39.5 Å². The number of benzene rings is 1. The van der Waals surface area contributed by atoms with E-state index < -0.39 is 12.0 Å². The number of halogens is 1. The molecule has 10 heteroatoms. The molecule has 0 fully saturated rings. The van der Waals surface area contributed by atoms with Crippen LogP contribution in [0.2, 0.25) is 5.15 Å². The Hall–Kier alpha value is -4.24. The SMILES string of the molecule is Cc1cc([C@@H](C)Oc2ccc(Cl)nc2C(N)=O)c2oc(-c3ccc4cnn(C)c4n3)c(C)c(=O)c2c1. The van der Waals surface area contributed by atoms with Crippen LogP contribution in [0.25, 0.3) is 33.5 Å². The smallest absolute Gasteiger partial charge is 0.271 e. The highest BCUT2D eigenvalue weighted by Gasteiger charge is 2.22. The number of hydrogen-bond donors (Lipinski definition) is 1. The lowest BCUT2D eigenvalue weighted by molar-refractivity contribution is 0.0988. The Morgan fingerprint density at radius 2 is 1.94 bits per heavy atom. The summed E-state index contributed by atoms with van der Waals surface area (Å²) in [6.45, 7) is 5.39. The first-order chi connectivity index (χ1) is 17.1. The van der Waals surface area contributed by atoms with Gasteiger partial charge in [0.05, 0.1) is 11.6 Å². The summed E-state index contributed by atoms with van der Waals surface area (Å²) < 4.78 is 14.1. The fraction of sp³-hybridized carbons (Fsp3) is 0.192. The molecular weight excluding hydrogens is 482 g/mol. The molecule has 2 N–H and O–H groups in total. The molecule has 0 aliphatic carbocycles. The Kier molecular flexibility index (Phi) is 5.72. The summed E-state index contributed by atoms with van der Waals surface area (Å²) >= 11 is 5.92. The van der Waals surface area contributed by atoms with Crippen molar-refractivity contribution in [1.82, 2.24) is 19.7 Å². The van der Waals surface area contributed by atoms with E-state index in [2.05, 4.69) is 15.1 Å². The van der Waals surface area contributed by atoms with Crippen LogP contribution in [0.3, 0.4) is 0 Å². The topological polar surface area (TPSA) is 126 Å². The first-order valence-corrected chi connectivity index (χ1v) is 11.5. The third kappa shape index (κ3) is 3.97. The van der Waals surface area contributed by atoms with E-state index in [4.69, 9.17) is 26.5 Å². The molecule has 0 radical (unpaired) electrons. The maximum Gasteiger partial charge on any atom is 0.271 e. The highest BCUT2D eigenvalue weighted by molar-refractivity contribution is 6.29. The molecule has 0 unspecified atom stereocenters. The molecule has 1 atom stereocenters. The number of carbonyl (C=O) groups is 1. The van der Waals surface area contributed by atoms with Crippen LogP contribution in [-0.2, 0) is 7.05 Å². The maximum absolute atomic E-state index is 13.4. The van der Waals surface area contributed by atoms with Gasteiger partial charge in [-0.25, -0.2) is 9.97 Å². The normalized spacial score (nSPS) is 12.2. The molecule has 0 spiro atoms. The van der Waals surface area contributed by atoms with Crippen LogP contribution in [0.5, 0.6) is 5.75 Å². The molecule has 9 nitrogen and oxygen atoms in total. The molecule has 1 aromatic carbocycles. The van der Waals surface area contributed by atoms with Crippen molar-refractivity contribution in [2.75, 3.05) is 0 Å². The Balaban J connectivity index is 1.68. The fourth-order valence-electron chi connectivity index (χ4n) is 4.21. The summed E-state index contributed by atoms with van der Waals surface area (Å²) in [6.07, 6.45) is 1.10. The van der Waals surface area contributed by atoms with Crippen LogP contribution in [0, 0.1) is 13.8 Å². The van der Waals surface area contributed by atoms with Crippen LogP contribution in [0.4, 0.5) is 0 Å². The number of nitrogens with two attached hydrogens (primary N) is 1. The third-order valence-electron chi connectivity index (χ3n) is 6.01. The molecule has 0 saturated carbocycles. The van der Waals surface area contributed by atoms with Crippen molar-refractivity contribution in [3.63, 3.8) is 0 Å². The van der Waals surface area contributed by atoms with E-state index >= 15 is 0 Å². The number of fused-ring (bicyclic) bond motifs is 2. The zero-order valence-corrected chi connectivity index (χ0v) is 20.8. The summed E-state index contributed by atoms with van der Waals surface area (Å²) in [5, 5.41) is 5.65. The van der Waals surface area contributed by atoms with Gasteiger partial charge in [0.15, 0.2) is 28.3 Å². The van der Waals surface area contributed by atoms with Crippen molar-refractivity contribution in [3.05, 3.63) is 80.4 Å². The summed E-state index contributed by atoms with van der Waals surface area (Å²) in [5.41, 5.74) is 8.68. The van der Waals surface area contributed by atoms with Crippen LogP contribution in [0.1, 0.15) is 40.2 Å². The van der Waals surface area contributed by atoms with Gasteiger partial charge in [0.25, 0.3) is 5.91 Å². The molecule has 4 aromatic heterocycles. The molecule has 0 bridgehead atoms. The number of rotatable bonds is 5. The predicted molar refractivity (Wildman–Crippen MR) is 136 cm³/mol. The minimum absolute atomic E-state index is 0.0852. The number of pyridine rings is 2. The van der Waals surface area contributed by atoms with Gasteiger partial charge in [-0.3, -0.25) is 14.3 Å². The molecule has 1 amide bonds. The fourth-order valence-corrected chi connectivity index (χ4v) is 4.36. The van der Waals surface area contributed by atoms with Crippen LogP contribution in [0.15, 0.2) is 51.8 Å². The number of hydrogen-bond acceptors (Lipinski definition) is 7. The highest BCUT2D eigenvalue weighted by atomic mass is 35.5. The van der Waals surface area contributed by atoms with Crippen molar-refractivity contribution in [2.24, 2.45) is 12.8 Å². The van der Waals surface area contributed by atoms with E-state index in [9.17, 15) is 9.59 Å². The third-order valence-corrected chi connectivity index (χ3v) is 6.22. The van der Waals surface area contributed by atoms with E-state index in [1.54, 1.807) is 43.9 Å². The average molecular weight is 504 g/mol. The molecule has 36 heavy (non-hydrogen) atoms. The van der Waals surface area contributed by atoms with Gasteiger partial charge in [-0.05, 0) is 62.7 Å². The van der Waals surface area contributed by atoms with Gasteiger partial charge < -0.3 is 14.9 Å². The van der Waals surface area contributed by atoms with Gasteiger partial charge in [-0.15, -0.1) is 0 Å².